The lowest BCUT2D eigenvalue weighted by atomic mass is 10.2. The number of hydrogen-bond acceptors (Lipinski definition) is 4. The van der Waals surface area contributed by atoms with E-state index in [-0.39, 0.29) is 11.7 Å². The Morgan fingerprint density at radius 1 is 1.04 bits per heavy atom. The fraction of sp³-hybridized carbons (Fsp3) is 0.100. The molecule has 28 heavy (non-hydrogen) atoms. The molecule has 140 valence electrons. The Kier molecular flexibility index (Phi) is 4.76. The van der Waals surface area contributed by atoms with Gasteiger partial charge in [0.25, 0.3) is 5.91 Å². The molecule has 0 saturated heterocycles. The highest BCUT2D eigenvalue weighted by Gasteiger charge is 2.15. The molecule has 0 spiro atoms. The van der Waals surface area contributed by atoms with Gasteiger partial charge in [-0.1, -0.05) is 0 Å². The van der Waals surface area contributed by atoms with E-state index in [0.717, 1.165) is 5.56 Å². The summed E-state index contributed by atoms with van der Waals surface area (Å²) in [5.74, 6) is -0.703. The van der Waals surface area contributed by atoms with Gasteiger partial charge in [-0.05, 0) is 54.4 Å². The minimum absolute atomic E-state index is 0.306. The first-order valence-corrected chi connectivity index (χ1v) is 8.59. The monoisotopic (exact) mass is 379 g/mol. The van der Waals surface area contributed by atoms with Gasteiger partial charge in [-0.15, -0.1) is 0 Å². The second-order valence-electron chi connectivity index (χ2n) is 6.14. The second kappa shape index (κ2) is 7.51. The van der Waals surface area contributed by atoms with Crippen LogP contribution < -0.4 is 5.32 Å². The van der Waals surface area contributed by atoms with E-state index in [2.05, 4.69) is 25.3 Å². The number of carbonyl (C=O) groups excluding carboxylic acids is 1. The number of imidazole rings is 1. The maximum absolute atomic E-state index is 13.1. The maximum Gasteiger partial charge on any atom is 0.253 e. The van der Waals surface area contributed by atoms with E-state index in [1.54, 1.807) is 24.3 Å². The average Bonchev–Trinajstić information content (AvgIpc) is 3.12. The molecule has 0 aliphatic heterocycles. The number of nitrogens with zero attached hydrogens (tertiary/aromatic N) is 3. The highest BCUT2D eigenvalue weighted by Crippen LogP contribution is 2.21. The number of benzene rings is 1. The number of H-pyrrole nitrogens is 1. The largest absolute Gasteiger partial charge is 0.352 e. The number of fused-ring (bicyclic) bond motifs is 1. The van der Waals surface area contributed by atoms with Gasteiger partial charge in [-0.2, -0.15) is 4.39 Å². The van der Waals surface area contributed by atoms with E-state index in [4.69, 9.17) is 0 Å². The number of rotatable bonds is 5. The molecule has 2 N–H and O–H groups in total. The number of aromatic amines is 1. The Labute approximate surface area is 158 Å². The quantitative estimate of drug-likeness (QED) is 0.522. The fourth-order valence-electron chi connectivity index (χ4n) is 2.85. The summed E-state index contributed by atoms with van der Waals surface area (Å²) in [7, 11) is 0. The molecule has 0 unspecified atom stereocenters. The highest BCUT2D eigenvalue weighted by molar-refractivity contribution is 6.04. The van der Waals surface area contributed by atoms with Crippen molar-refractivity contribution in [3.8, 4) is 11.4 Å². The molecule has 6 nitrogen and oxygen atoms in total. The summed E-state index contributed by atoms with van der Waals surface area (Å²) in [6, 6.07) is 10.5. The standard InChI is InChI=1S/C20H15F2N5O/c21-14-3-1-13(2-4-14)18-26-17-15(7-10-24-19(17)27-18)20(28)25-9-6-12-5-8-23-16(22)11-12/h1-5,7-8,10-11H,6,9H2,(H,25,28)(H,24,26,27). The highest BCUT2D eigenvalue weighted by atomic mass is 19.1. The molecule has 0 radical (unpaired) electrons. The van der Waals surface area contributed by atoms with E-state index in [9.17, 15) is 13.6 Å². The van der Waals surface area contributed by atoms with Crippen molar-refractivity contribution < 1.29 is 13.6 Å². The van der Waals surface area contributed by atoms with E-state index in [1.807, 2.05) is 0 Å². The molecule has 1 amide bonds. The maximum atomic E-state index is 13.1. The summed E-state index contributed by atoms with van der Waals surface area (Å²) in [6.45, 7) is 0.335. The van der Waals surface area contributed by atoms with Crippen LogP contribution in [0.1, 0.15) is 15.9 Å². The minimum atomic E-state index is -0.551. The second-order valence-corrected chi connectivity index (χ2v) is 6.14. The van der Waals surface area contributed by atoms with Crippen molar-refractivity contribution in [3.63, 3.8) is 0 Å². The summed E-state index contributed by atoms with van der Waals surface area (Å²) >= 11 is 0. The minimum Gasteiger partial charge on any atom is -0.352 e. The molecular weight excluding hydrogens is 364 g/mol. The van der Waals surface area contributed by atoms with Gasteiger partial charge in [0, 0.05) is 24.5 Å². The molecular formula is C20H15F2N5O. The Bertz CT molecular complexity index is 1140. The lowest BCUT2D eigenvalue weighted by Crippen LogP contribution is -2.26. The van der Waals surface area contributed by atoms with Crippen molar-refractivity contribution in [2.45, 2.75) is 6.42 Å². The third-order valence-corrected chi connectivity index (χ3v) is 4.24. The molecule has 0 aliphatic rings. The summed E-state index contributed by atoms with van der Waals surface area (Å²) < 4.78 is 26.2. The SMILES string of the molecule is O=C(NCCc1ccnc(F)c1)c1ccnc2[nH]c(-c3ccc(F)cc3)nc12. The zero-order valence-corrected chi connectivity index (χ0v) is 14.6. The number of amides is 1. The van der Waals surface area contributed by atoms with Crippen LogP contribution in [-0.2, 0) is 6.42 Å². The lowest BCUT2D eigenvalue weighted by Gasteiger charge is -2.05. The molecule has 0 bridgehead atoms. The summed E-state index contributed by atoms with van der Waals surface area (Å²) in [6.07, 6.45) is 3.38. The van der Waals surface area contributed by atoms with Crippen molar-refractivity contribution >= 4 is 17.1 Å². The average molecular weight is 379 g/mol. The van der Waals surface area contributed by atoms with Crippen LogP contribution in [-0.4, -0.2) is 32.4 Å². The summed E-state index contributed by atoms with van der Waals surface area (Å²) in [4.78, 5) is 27.8. The normalized spacial score (nSPS) is 10.9. The van der Waals surface area contributed by atoms with Gasteiger partial charge >= 0.3 is 0 Å². The molecule has 0 saturated carbocycles. The van der Waals surface area contributed by atoms with Crippen LogP contribution in [0.2, 0.25) is 0 Å². The smallest absolute Gasteiger partial charge is 0.253 e. The molecule has 3 heterocycles. The van der Waals surface area contributed by atoms with Gasteiger partial charge in [0.05, 0.1) is 5.56 Å². The van der Waals surface area contributed by atoms with Crippen LogP contribution in [0.5, 0.6) is 0 Å². The van der Waals surface area contributed by atoms with Crippen LogP contribution in [0.25, 0.3) is 22.6 Å². The van der Waals surface area contributed by atoms with Crippen molar-refractivity contribution in [2.24, 2.45) is 0 Å². The van der Waals surface area contributed by atoms with Gasteiger partial charge in [-0.25, -0.2) is 19.3 Å². The van der Waals surface area contributed by atoms with Crippen molar-refractivity contribution in [3.05, 3.63) is 77.8 Å². The lowest BCUT2D eigenvalue weighted by molar-refractivity contribution is 0.0955. The van der Waals surface area contributed by atoms with Crippen LogP contribution in [0.15, 0.2) is 54.9 Å². The van der Waals surface area contributed by atoms with Gasteiger partial charge < -0.3 is 10.3 Å². The zero-order chi connectivity index (χ0) is 19.5. The first-order valence-electron chi connectivity index (χ1n) is 8.59. The molecule has 0 atom stereocenters. The number of nitrogens with one attached hydrogen (secondary N) is 2. The Morgan fingerprint density at radius 3 is 2.61 bits per heavy atom. The predicted octanol–water partition coefficient (Wildman–Crippen LogP) is 3.27. The van der Waals surface area contributed by atoms with E-state index in [0.29, 0.717) is 41.1 Å². The number of halogens is 2. The van der Waals surface area contributed by atoms with Gasteiger partial charge in [0.1, 0.15) is 17.2 Å². The molecule has 8 heteroatoms. The molecule has 0 aliphatic carbocycles. The predicted molar refractivity (Wildman–Crippen MR) is 99.5 cm³/mol. The van der Waals surface area contributed by atoms with Crippen molar-refractivity contribution in [2.75, 3.05) is 6.54 Å². The van der Waals surface area contributed by atoms with Gasteiger partial charge in [0.15, 0.2) is 5.65 Å². The molecule has 1 aromatic carbocycles. The number of aromatic nitrogens is 4. The molecule has 4 aromatic rings. The van der Waals surface area contributed by atoms with Crippen LogP contribution in [0, 0.1) is 11.8 Å². The Hall–Kier alpha value is -3.68. The summed E-state index contributed by atoms with van der Waals surface area (Å²) in [5, 5.41) is 2.80. The van der Waals surface area contributed by atoms with E-state index in [1.165, 1.54) is 30.6 Å². The molecule has 3 aromatic heterocycles. The zero-order valence-electron chi connectivity index (χ0n) is 14.6. The van der Waals surface area contributed by atoms with E-state index >= 15 is 0 Å². The Balaban J connectivity index is 1.52. The Morgan fingerprint density at radius 2 is 1.82 bits per heavy atom. The molecule has 4 rings (SSSR count). The number of pyridine rings is 2. The third-order valence-electron chi connectivity index (χ3n) is 4.24. The third kappa shape index (κ3) is 3.71. The van der Waals surface area contributed by atoms with E-state index < -0.39 is 5.95 Å². The van der Waals surface area contributed by atoms with Crippen LogP contribution in [0.4, 0.5) is 8.78 Å². The van der Waals surface area contributed by atoms with Crippen LogP contribution in [0.3, 0.4) is 0 Å². The van der Waals surface area contributed by atoms with Crippen LogP contribution >= 0.6 is 0 Å². The first kappa shape index (κ1) is 17.7. The topological polar surface area (TPSA) is 83.6 Å². The summed E-state index contributed by atoms with van der Waals surface area (Å²) in [5.41, 5.74) is 2.68. The fourth-order valence-corrected chi connectivity index (χ4v) is 2.85. The number of carbonyl (C=O) groups is 1. The van der Waals surface area contributed by atoms with Gasteiger partial charge in [0.2, 0.25) is 5.95 Å². The van der Waals surface area contributed by atoms with Crippen molar-refractivity contribution in [1.82, 2.24) is 25.3 Å². The number of hydrogen-bond donors (Lipinski definition) is 2. The first-order chi connectivity index (χ1) is 13.6. The molecule has 0 fully saturated rings. The van der Waals surface area contributed by atoms with Crippen molar-refractivity contribution in [1.29, 1.82) is 0 Å². The van der Waals surface area contributed by atoms with Gasteiger partial charge in [-0.3, -0.25) is 4.79 Å².